The molecule has 1 aromatic heterocycles. The van der Waals surface area contributed by atoms with Crippen LogP contribution in [0.25, 0.3) is 10.8 Å². The van der Waals surface area contributed by atoms with Gasteiger partial charge < -0.3 is 25.4 Å². The number of urea groups is 1. The summed E-state index contributed by atoms with van der Waals surface area (Å²) in [7, 11) is 1.54. The number of likely N-dealkylation sites (N-methyl/N-ethyl adjacent to an activating group) is 1. The maximum absolute atomic E-state index is 13.8. The molecule has 0 aliphatic heterocycles. The molecule has 0 fully saturated rings. The maximum Gasteiger partial charge on any atom is 0.412 e. The van der Waals surface area contributed by atoms with E-state index in [1.54, 1.807) is 12.1 Å². The van der Waals surface area contributed by atoms with Crippen molar-refractivity contribution in [2.75, 3.05) is 25.6 Å². The van der Waals surface area contributed by atoms with E-state index in [1.165, 1.54) is 48.5 Å². The molecule has 0 spiro atoms. The van der Waals surface area contributed by atoms with Crippen LogP contribution in [-0.4, -0.2) is 60.3 Å². The number of nitrogens with one attached hydrogen (secondary N) is 2. The summed E-state index contributed by atoms with van der Waals surface area (Å²) in [5.74, 6) is -1.39. The number of unbranched alkanes of at least 4 members (excludes halogenated alkanes) is 1. The molecule has 0 saturated carbocycles. The van der Waals surface area contributed by atoms with Gasteiger partial charge in [0.25, 0.3) is 0 Å². The van der Waals surface area contributed by atoms with Crippen molar-refractivity contribution in [3.63, 3.8) is 0 Å². The Morgan fingerprint density at radius 3 is 2.58 bits per heavy atom. The summed E-state index contributed by atoms with van der Waals surface area (Å²) in [6.07, 6.45) is 2.11. The maximum atomic E-state index is 13.8. The smallest absolute Gasteiger partial charge is 0.412 e. The Labute approximate surface area is 253 Å². The molecule has 0 aliphatic rings. The number of hydrogen-bond donors (Lipinski definition) is 3. The van der Waals surface area contributed by atoms with Crippen molar-refractivity contribution in [3.05, 3.63) is 70.9 Å². The van der Waals surface area contributed by atoms with Gasteiger partial charge in [0.1, 0.15) is 30.1 Å². The second kappa shape index (κ2) is 16.0. The van der Waals surface area contributed by atoms with Crippen LogP contribution in [0.3, 0.4) is 0 Å². The molecule has 0 bridgehead atoms. The van der Waals surface area contributed by atoms with E-state index in [0.29, 0.717) is 35.6 Å². The average Bonchev–Trinajstić information content (AvgIpc) is 2.97. The SMILES string of the molecule is CC(C)[C@H](N)C(=O)OCCCCC(COC(=O)Nc1cc2cc(F)ccc2cn1)N(C)C(=O)NCc1cccc(F)c1Cl. The minimum atomic E-state index is -0.815. The fourth-order valence-electron chi connectivity index (χ4n) is 4.05. The number of nitrogens with two attached hydrogens (primary N) is 1. The third kappa shape index (κ3) is 10.0. The number of amides is 3. The molecular formula is C30H36ClF2N5O5. The van der Waals surface area contributed by atoms with Gasteiger partial charge in [0.2, 0.25) is 0 Å². The molecule has 2 aromatic carbocycles. The monoisotopic (exact) mass is 619 g/mol. The number of rotatable bonds is 13. The lowest BCUT2D eigenvalue weighted by atomic mass is 10.1. The normalized spacial score (nSPS) is 12.5. The van der Waals surface area contributed by atoms with Crippen molar-refractivity contribution in [2.24, 2.45) is 11.7 Å². The Balaban J connectivity index is 1.59. The summed E-state index contributed by atoms with van der Waals surface area (Å²) in [5.41, 5.74) is 6.21. The predicted molar refractivity (Wildman–Crippen MR) is 159 cm³/mol. The van der Waals surface area contributed by atoms with Crippen LogP contribution in [0, 0.1) is 17.6 Å². The number of carbonyl (C=O) groups is 3. The van der Waals surface area contributed by atoms with Gasteiger partial charge in [0.15, 0.2) is 0 Å². The molecule has 0 saturated heterocycles. The molecule has 3 amide bonds. The minimum Gasteiger partial charge on any atom is -0.465 e. The Morgan fingerprint density at radius 1 is 1.07 bits per heavy atom. The summed E-state index contributed by atoms with van der Waals surface area (Å²) in [5, 5.41) is 6.37. The molecule has 43 heavy (non-hydrogen) atoms. The lowest BCUT2D eigenvalue weighted by Gasteiger charge is -2.28. The van der Waals surface area contributed by atoms with Crippen molar-refractivity contribution in [3.8, 4) is 0 Å². The number of benzene rings is 2. The van der Waals surface area contributed by atoms with Crippen molar-refractivity contribution in [2.45, 2.75) is 51.7 Å². The predicted octanol–water partition coefficient (Wildman–Crippen LogP) is 5.62. The van der Waals surface area contributed by atoms with Gasteiger partial charge >= 0.3 is 18.1 Å². The highest BCUT2D eigenvalue weighted by Crippen LogP contribution is 2.20. The lowest BCUT2D eigenvalue weighted by Crippen LogP contribution is -2.46. The van der Waals surface area contributed by atoms with Crippen LogP contribution in [-0.2, 0) is 20.8 Å². The van der Waals surface area contributed by atoms with Gasteiger partial charge in [-0.3, -0.25) is 10.1 Å². The molecule has 0 radical (unpaired) electrons. The van der Waals surface area contributed by atoms with E-state index in [2.05, 4.69) is 15.6 Å². The highest BCUT2D eigenvalue weighted by atomic mass is 35.5. The first kappa shape index (κ1) is 33.5. The van der Waals surface area contributed by atoms with Crippen molar-refractivity contribution in [1.82, 2.24) is 15.2 Å². The molecule has 0 aliphatic carbocycles. The van der Waals surface area contributed by atoms with Crippen LogP contribution in [0.5, 0.6) is 0 Å². The second-order valence-electron chi connectivity index (χ2n) is 10.4. The van der Waals surface area contributed by atoms with Gasteiger partial charge in [0.05, 0.1) is 17.7 Å². The van der Waals surface area contributed by atoms with Gasteiger partial charge in [0, 0.05) is 25.2 Å². The van der Waals surface area contributed by atoms with E-state index in [1.807, 2.05) is 13.8 Å². The first-order chi connectivity index (χ1) is 20.5. The van der Waals surface area contributed by atoms with Crippen molar-refractivity contribution >= 4 is 46.3 Å². The van der Waals surface area contributed by atoms with E-state index >= 15 is 0 Å². The number of carbonyl (C=O) groups excluding carboxylic acids is 3. The van der Waals surface area contributed by atoms with Crippen LogP contribution in [0.2, 0.25) is 5.02 Å². The third-order valence-corrected chi connectivity index (χ3v) is 7.24. The molecule has 2 atom stereocenters. The Kier molecular flexibility index (Phi) is 12.4. The summed E-state index contributed by atoms with van der Waals surface area (Å²) < 4.78 is 38.0. The van der Waals surface area contributed by atoms with Gasteiger partial charge in [-0.2, -0.15) is 0 Å². The Bertz CT molecular complexity index is 1430. The molecule has 13 heteroatoms. The van der Waals surface area contributed by atoms with E-state index in [0.717, 1.165) is 0 Å². The van der Waals surface area contributed by atoms with E-state index in [9.17, 15) is 23.2 Å². The topological polar surface area (TPSA) is 136 Å². The molecule has 3 aromatic rings. The summed E-state index contributed by atoms with van der Waals surface area (Å²) in [4.78, 5) is 43.1. The molecule has 1 heterocycles. The van der Waals surface area contributed by atoms with E-state index in [4.69, 9.17) is 26.8 Å². The van der Waals surface area contributed by atoms with Gasteiger partial charge in [-0.25, -0.2) is 23.4 Å². The molecule has 4 N–H and O–H groups in total. The zero-order valence-corrected chi connectivity index (χ0v) is 25.0. The number of halogens is 3. The number of aromatic nitrogens is 1. The fourth-order valence-corrected chi connectivity index (χ4v) is 4.24. The number of esters is 1. The zero-order chi connectivity index (χ0) is 31.5. The Hall–Kier alpha value is -4.03. The third-order valence-electron chi connectivity index (χ3n) is 6.82. The number of ether oxygens (including phenoxy) is 2. The highest BCUT2D eigenvalue weighted by molar-refractivity contribution is 6.31. The number of anilines is 1. The van der Waals surface area contributed by atoms with Gasteiger partial charge in [-0.05, 0) is 66.5 Å². The van der Waals surface area contributed by atoms with Crippen LogP contribution in [0.15, 0.2) is 48.7 Å². The van der Waals surface area contributed by atoms with E-state index < -0.39 is 41.8 Å². The quantitative estimate of drug-likeness (QED) is 0.167. The number of nitrogens with zero attached hydrogens (tertiary/aromatic N) is 2. The molecule has 232 valence electrons. The molecular weight excluding hydrogens is 584 g/mol. The van der Waals surface area contributed by atoms with Crippen molar-refractivity contribution in [1.29, 1.82) is 0 Å². The largest absolute Gasteiger partial charge is 0.465 e. The fraction of sp³-hybridized carbons (Fsp3) is 0.400. The second-order valence-corrected chi connectivity index (χ2v) is 10.7. The zero-order valence-electron chi connectivity index (χ0n) is 24.2. The highest BCUT2D eigenvalue weighted by Gasteiger charge is 2.23. The number of hydrogen-bond acceptors (Lipinski definition) is 7. The first-order valence-corrected chi connectivity index (χ1v) is 14.2. The van der Waals surface area contributed by atoms with Gasteiger partial charge in [-0.15, -0.1) is 0 Å². The van der Waals surface area contributed by atoms with Crippen molar-refractivity contribution < 1.29 is 32.6 Å². The van der Waals surface area contributed by atoms with Crippen LogP contribution in [0.4, 0.5) is 24.2 Å². The first-order valence-electron chi connectivity index (χ1n) is 13.8. The number of pyridine rings is 1. The van der Waals surface area contributed by atoms with Gasteiger partial charge in [-0.1, -0.05) is 37.6 Å². The van der Waals surface area contributed by atoms with Crippen LogP contribution >= 0.6 is 11.6 Å². The molecule has 1 unspecified atom stereocenters. The summed E-state index contributed by atoms with van der Waals surface area (Å²) in [6, 6.07) is 8.25. The molecule has 10 nitrogen and oxygen atoms in total. The summed E-state index contributed by atoms with van der Waals surface area (Å²) >= 11 is 6.00. The van der Waals surface area contributed by atoms with Crippen LogP contribution < -0.4 is 16.4 Å². The average molecular weight is 620 g/mol. The number of fused-ring (bicyclic) bond motifs is 1. The minimum absolute atomic E-state index is 0.0197. The molecule has 3 rings (SSSR count). The standard InChI is InChI=1S/C30H36ClF2N5O5/c1-18(2)27(34)28(39)42-12-5-4-8-23(38(3)29(40)36-16-20-7-6-9-24(33)26(20)31)17-43-30(41)37-25-14-21-13-22(32)11-10-19(21)15-35-25/h6-7,9-11,13-15,18,23,27H,4-5,8,12,16-17,34H2,1-3H3,(H,36,40)(H,35,37,41)/t23?,27-/m0/s1. The Morgan fingerprint density at radius 2 is 1.84 bits per heavy atom. The van der Waals surface area contributed by atoms with Crippen LogP contribution in [0.1, 0.15) is 38.7 Å². The summed E-state index contributed by atoms with van der Waals surface area (Å²) in [6.45, 7) is 3.61. The lowest BCUT2D eigenvalue weighted by molar-refractivity contribution is -0.146. The van der Waals surface area contributed by atoms with E-state index in [-0.39, 0.29) is 36.5 Å².